The molecule has 0 aliphatic heterocycles. The van der Waals surface area contributed by atoms with E-state index in [-0.39, 0.29) is 12.0 Å². The normalized spacial score (nSPS) is 12.6. The van der Waals surface area contributed by atoms with Gasteiger partial charge in [-0.1, -0.05) is 32.0 Å². The van der Waals surface area contributed by atoms with Crippen molar-refractivity contribution in [1.29, 1.82) is 0 Å². The predicted molar refractivity (Wildman–Crippen MR) is 128 cm³/mol. The van der Waals surface area contributed by atoms with Gasteiger partial charge in [-0.25, -0.2) is 4.68 Å². The second kappa shape index (κ2) is 10.7. The van der Waals surface area contributed by atoms with Gasteiger partial charge in [-0.05, 0) is 63.1 Å². The van der Waals surface area contributed by atoms with Crippen LogP contribution in [0.25, 0.3) is 5.69 Å². The number of hydrogen-bond donors (Lipinski definition) is 1. The molecule has 0 bridgehead atoms. The van der Waals surface area contributed by atoms with E-state index < -0.39 is 6.10 Å². The largest absolute Gasteiger partial charge is 0.497 e. The van der Waals surface area contributed by atoms with E-state index in [9.17, 15) is 5.11 Å². The minimum atomic E-state index is -0.421. The highest BCUT2D eigenvalue weighted by Gasteiger charge is 2.26. The molecule has 0 aliphatic rings. The summed E-state index contributed by atoms with van der Waals surface area (Å²) < 4.78 is 13.6. The molecule has 2 aromatic carbocycles. The van der Waals surface area contributed by atoms with E-state index in [0.717, 1.165) is 28.4 Å². The van der Waals surface area contributed by atoms with Gasteiger partial charge >= 0.3 is 0 Å². The van der Waals surface area contributed by atoms with Crippen LogP contribution >= 0.6 is 0 Å². The summed E-state index contributed by atoms with van der Waals surface area (Å²) in [6.45, 7) is 11.6. The number of benzene rings is 2. The van der Waals surface area contributed by atoms with Crippen LogP contribution in [0.3, 0.4) is 0 Å². The Kier molecular flexibility index (Phi) is 7.94. The van der Waals surface area contributed by atoms with Gasteiger partial charge < -0.3 is 14.6 Å². The van der Waals surface area contributed by atoms with Crippen LogP contribution in [0, 0.1) is 0 Å². The van der Waals surface area contributed by atoms with Crippen molar-refractivity contribution in [2.45, 2.75) is 59.2 Å². The minimum absolute atomic E-state index is 0.211. The molecule has 0 aliphatic carbocycles. The molecule has 1 heterocycles. The van der Waals surface area contributed by atoms with Crippen molar-refractivity contribution in [1.82, 2.24) is 14.7 Å². The first-order valence-corrected chi connectivity index (χ1v) is 11.2. The minimum Gasteiger partial charge on any atom is -0.497 e. The third-order valence-electron chi connectivity index (χ3n) is 5.38. The number of aliphatic hydroxyl groups is 1. The Labute approximate surface area is 191 Å². The van der Waals surface area contributed by atoms with Gasteiger partial charge in [0.05, 0.1) is 30.2 Å². The fourth-order valence-corrected chi connectivity index (χ4v) is 3.67. The predicted octanol–water partition coefficient (Wildman–Crippen LogP) is 5.39. The third kappa shape index (κ3) is 5.69. The van der Waals surface area contributed by atoms with Crippen molar-refractivity contribution in [3.05, 3.63) is 65.9 Å². The number of rotatable bonds is 10. The summed E-state index contributed by atoms with van der Waals surface area (Å²) in [5.74, 6) is 2.45. The number of aromatic nitrogens is 2. The molecule has 0 unspecified atom stereocenters. The molecule has 3 aromatic rings. The fourth-order valence-electron chi connectivity index (χ4n) is 3.67. The van der Waals surface area contributed by atoms with Gasteiger partial charge in [0.15, 0.2) is 0 Å². The SMILES string of the molecule is COc1ccc(-n2nc(C(C)C)c(CN(C[C@@H](C)O)C(C)C)c2Oc2ccccc2)cc1. The molecule has 1 N–H and O–H groups in total. The van der Waals surface area contributed by atoms with Crippen LogP contribution in [-0.4, -0.2) is 45.6 Å². The zero-order valence-electron chi connectivity index (χ0n) is 19.9. The summed E-state index contributed by atoms with van der Waals surface area (Å²) in [5, 5.41) is 15.0. The maximum Gasteiger partial charge on any atom is 0.227 e. The molecule has 6 heteroatoms. The summed E-state index contributed by atoms with van der Waals surface area (Å²) in [5.41, 5.74) is 2.92. The second-order valence-electron chi connectivity index (χ2n) is 8.72. The van der Waals surface area contributed by atoms with E-state index in [1.807, 2.05) is 66.2 Å². The zero-order chi connectivity index (χ0) is 23.3. The molecular formula is C26H35N3O3. The number of nitrogens with zero attached hydrogens (tertiary/aromatic N) is 3. The molecular weight excluding hydrogens is 402 g/mol. The van der Waals surface area contributed by atoms with Crippen LogP contribution < -0.4 is 9.47 Å². The number of ether oxygens (including phenoxy) is 2. The van der Waals surface area contributed by atoms with Crippen molar-refractivity contribution in [2.75, 3.05) is 13.7 Å². The average Bonchev–Trinajstić information content (AvgIpc) is 3.12. The lowest BCUT2D eigenvalue weighted by Gasteiger charge is -2.28. The Morgan fingerprint density at radius 3 is 2.12 bits per heavy atom. The summed E-state index contributed by atoms with van der Waals surface area (Å²) in [6, 6.07) is 17.8. The Morgan fingerprint density at radius 2 is 1.59 bits per heavy atom. The van der Waals surface area contributed by atoms with Gasteiger partial charge in [0.2, 0.25) is 5.88 Å². The van der Waals surface area contributed by atoms with Crippen LogP contribution in [0.1, 0.15) is 51.8 Å². The smallest absolute Gasteiger partial charge is 0.227 e. The van der Waals surface area contributed by atoms with Crippen LogP contribution in [0.15, 0.2) is 54.6 Å². The van der Waals surface area contributed by atoms with Crippen LogP contribution in [0.5, 0.6) is 17.4 Å². The zero-order valence-corrected chi connectivity index (χ0v) is 19.9. The van der Waals surface area contributed by atoms with Gasteiger partial charge in [0.1, 0.15) is 11.5 Å². The van der Waals surface area contributed by atoms with Crippen molar-refractivity contribution in [3.63, 3.8) is 0 Å². The van der Waals surface area contributed by atoms with Crippen LogP contribution in [0.2, 0.25) is 0 Å². The van der Waals surface area contributed by atoms with Gasteiger partial charge in [0.25, 0.3) is 0 Å². The van der Waals surface area contributed by atoms with Crippen molar-refractivity contribution in [2.24, 2.45) is 0 Å². The Hall–Kier alpha value is -2.83. The molecule has 1 aromatic heterocycles. The second-order valence-corrected chi connectivity index (χ2v) is 8.72. The van der Waals surface area contributed by atoms with Gasteiger partial charge in [0, 0.05) is 19.1 Å². The Balaban J connectivity index is 2.14. The van der Waals surface area contributed by atoms with E-state index in [0.29, 0.717) is 19.0 Å². The topological polar surface area (TPSA) is 59.8 Å². The molecule has 0 fully saturated rings. The van der Waals surface area contributed by atoms with E-state index in [2.05, 4.69) is 32.6 Å². The lowest BCUT2D eigenvalue weighted by Crippen LogP contribution is -2.36. The fraction of sp³-hybridized carbons (Fsp3) is 0.423. The van der Waals surface area contributed by atoms with Crippen molar-refractivity contribution < 1.29 is 14.6 Å². The lowest BCUT2D eigenvalue weighted by atomic mass is 10.0. The van der Waals surface area contributed by atoms with Crippen molar-refractivity contribution in [3.8, 4) is 23.1 Å². The molecule has 0 saturated carbocycles. The highest BCUT2D eigenvalue weighted by molar-refractivity contribution is 5.46. The average molecular weight is 438 g/mol. The number of hydrogen-bond acceptors (Lipinski definition) is 5. The quantitative estimate of drug-likeness (QED) is 0.461. The third-order valence-corrected chi connectivity index (χ3v) is 5.38. The molecule has 1 atom stereocenters. The van der Waals surface area contributed by atoms with E-state index in [4.69, 9.17) is 14.6 Å². The number of para-hydroxylation sites is 1. The van der Waals surface area contributed by atoms with E-state index in [1.54, 1.807) is 7.11 Å². The first-order valence-electron chi connectivity index (χ1n) is 11.2. The number of methoxy groups -OCH3 is 1. The van der Waals surface area contributed by atoms with E-state index >= 15 is 0 Å². The first kappa shape index (κ1) is 23.8. The highest BCUT2D eigenvalue weighted by atomic mass is 16.5. The maximum absolute atomic E-state index is 10.1. The van der Waals surface area contributed by atoms with Gasteiger partial charge in [-0.3, -0.25) is 4.90 Å². The maximum atomic E-state index is 10.1. The molecule has 3 rings (SSSR count). The summed E-state index contributed by atoms with van der Waals surface area (Å²) in [7, 11) is 1.66. The van der Waals surface area contributed by atoms with Crippen molar-refractivity contribution >= 4 is 0 Å². The lowest BCUT2D eigenvalue weighted by molar-refractivity contribution is 0.102. The number of aliphatic hydroxyl groups excluding tert-OH is 1. The van der Waals surface area contributed by atoms with E-state index in [1.165, 1.54) is 0 Å². The van der Waals surface area contributed by atoms with Gasteiger partial charge in [-0.15, -0.1) is 0 Å². The van der Waals surface area contributed by atoms with Crippen LogP contribution in [-0.2, 0) is 6.54 Å². The monoisotopic (exact) mass is 437 g/mol. The molecule has 0 saturated heterocycles. The summed E-state index contributed by atoms with van der Waals surface area (Å²) in [6.07, 6.45) is -0.421. The summed E-state index contributed by atoms with van der Waals surface area (Å²) >= 11 is 0. The molecule has 0 spiro atoms. The highest BCUT2D eigenvalue weighted by Crippen LogP contribution is 2.35. The molecule has 0 radical (unpaired) electrons. The first-order chi connectivity index (χ1) is 15.3. The summed E-state index contributed by atoms with van der Waals surface area (Å²) in [4.78, 5) is 2.25. The Morgan fingerprint density at radius 1 is 0.938 bits per heavy atom. The molecule has 6 nitrogen and oxygen atoms in total. The molecule has 32 heavy (non-hydrogen) atoms. The molecule has 172 valence electrons. The Bertz CT molecular complexity index is 980. The standard InChI is InChI=1S/C26H35N3O3/c1-18(2)25-24(17-28(19(3)4)16-20(5)30)26(32-23-10-8-7-9-11-23)29(27-25)21-12-14-22(31-6)15-13-21/h7-15,18-20,30H,16-17H2,1-6H3/t20-/m1/s1. The van der Waals surface area contributed by atoms with Crippen LogP contribution in [0.4, 0.5) is 0 Å². The van der Waals surface area contributed by atoms with Gasteiger partial charge in [-0.2, -0.15) is 5.10 Å². The molecule has 0 amide bonds.